The first kappa shape index (κ1) is 20.5. The van der Waals surface area contributed by atoms with E-state index in [4.69, 9.17) is 9.15 Å². The van der Waals surface area contributed by atoms with Crippen LogP contribution in [0.25, 0.3) is 10.9 Å². The van der Waals surface area contributed by atoms with Crippen LogP contribution in [0.3, 0.4) is 0 Å². The van der Waals surface area contributed by atoms with Gasteiger partial charge in [0, 0.05) is 27.7 Å². The second-order valence-electron chi connectivity index (χ2n) is 6.71. The molecule has 4 aromatic rings. The standard InChI is InChI=1S/C22H16BrN3O5/c1-13-11-14(4-8-19(13)26(28)29)30-12-15-5-9-20(31-15)22(27)25-18-7-6-17(23)16-3-2-10-24-21(16)18/h2-11H,12H2,1H3,(H,25,27). The van der Waals surface area contributed by atoms with E-state index in [0.29, 0.717) is 28.3 Å². The third-order valence-corrected chi connectivity index (χ3v) is 5.29. The lowest BCUT2D eigenvalue weighted by molar-refractivity contribution is -0.385. The van der Waals surface area contributed by atoms with Crippen molar-refractivity contribution in [1.82, 2.24) is 4.98 Å². The van der Waals surface area contributed by atoms with Gasteiger partial charge in [-0.25, -0.2) is 0 Å². The van der Waals surface area contributed by atoms with Gasteiger partial charge in [-0.3, -0.25) is 19.9 Å². The van der Waals surface area contributed by atoms with Gasteiger partial charge in [0.05, 0.1) is 16.1 Å². The van der Waals surface area contributed by atoms with Gasteiger partial charge in [0.25, 0.3) is 11.6 Å². The number of nitro benzene ring substituents is 1. The molecule has 1 N–H and O–H groups in total. The SMILES string of the molecule is Cc1cc(OCc2ccc(C(=O)Nc3ccc(Br)c4cccnc34)o2)ccc1[N+](=O)[O-]. The van der Waals surface area contributed by atoms with Crippen molar-refractivity contribution in [2.45, 2.75) is 13.5 Å². The number of nitro groups is 1. The molecule has 0 fully saturated rings. The molecule has 4 rings (SSSR count). The summed E-state index contributed by atoms with van der Waals surface area (Å²) in [7, 11) is 0. The first-order valence-electron chi connectivity index (χ1n) is 9.23. The Bertz CT molecular complexity index is 1300. The molecule has 8 nitrogen and oxygen atoms in total. The molecule has 2 heterocycles. The van der Waals surface area contributed by atoms with Crippen LogP contribution in [0.5, 0.6) is 5.75 Å². The highest BCUT2D eigenvalue weighted by atomic mass is 79.9. The number of fused-ring (bicyclic) bond motifs is 1. The fourth-order valence-corrected chi connectivity index (χ4v) is 3.53. The smallest absolute Gasteiger partial charge is 0.291 e. The Morgan fingerprint density at radius 3 is 2.84 bits per heavy atom. The van der Waals surface area contributed by atoms with Gasteiger partial charge < -0.3 is 14.5 Å². The lowest BCUT2D eigenvalue weighted by atomic mass is 10.2. The highest BCUT2D eigenvalue weighted by molar-refractivity contribution is 9.10. The number of furan rings is 1. The van der Waals surface area contributed by atoms with Crippen molar-refractivity contribution in [3.05, 3.63) is 92.5 Å². The van der Waals surface area contributed by atoms with Crippen LogP contribution < -0.4 is 10.1 Å². The number of halogens is 1. The van der Waals surface area contributed by atoms with E-state index in [1.54, 1.807) is 37.4 Å². The average molecular weight is 482 g/mol. The second kappa shape index (κ2) is 8.57. The normalized spacial score (nSPS) is 10.8. The Labute approximate surface area is 185 Å². The Morgan fingerprint density at radius 1 is 1.23 bits per heavy atom. The molecule has 0 atom stereocenters. The molecule has 2 aromatic carbocycles. The highest BCUT2D eigenvalue weighted by Gasteiger charge is 2.15. The van der Waals surface area contributed by atoms with Crippen molar-refractivity contribution < 1.29 is 18.9 Å². The van der Waals surface area contributed by atoms with Crippen LogP contribution in [-0.2, 0) is 6.61 Å². The predicted octanol–water partition coefficient (Wildman–Crippen LogP) is 5.64. The first-order chi connectivity index (χ1) is 14.9. The topological polar surface area (TPSA) is 108 Å². The molecule has 0 aliphatic heterocycles. The average Bonchev–Trinajstić information content (AvgIpc) is 3.23. The number of benzene rings is 2. The summed E-state index contributed by atoms with van der Waals surface area (Å²) in [5.74, 6) is 0.634. The summed E-state index contributed by atoms with van der Waals surface area (Å²) < 4.78 is 12.1. The van der Waals surface area contributed by atoms with Gasteiger partial charge in [0.1, 0.15) is 18.1 Å². The molecule has 0 spiro atoms. The number of aryl methyl sites for hydroxylation is 1. The molecule has 31 heavy (non-hydrogen) atoms. The number of hydrogen-bond acceptors (Lipinski definition) is 6. The van der Waals surface area contributed by atoms with Crippen molar-refractivity contribution >= 4 is 44.1 Å². The van der Waals surface area contributed by atoms with Crippen molar-refractivity contribution in [3.63, 3.8) is 0 Å². The summed E-state index contributed by atoms with van der Waals surface area (Å²) in [5.41, 5.74) is 1.75. The minimum Gasteiger partial charge on any atom is -0.486 e. The third-order valence-electron chi connectivity index (χ3n) is 4.60. The number of amides is 1. The summed E-state index contributed by atoms with van der Waals surface area (Å²) in [6, 6.07) is 15.0. The Balaban J connectivity index is 1.44. The fraction of sp³-hybridized carbons (Fsp3) is 0.0909. The molecule has 0 saturated heterocycles. The van der Waals surface area contributed by atoms with Gasteiger partial charge in [-0.1, -0.05) is 22.0 Å². The Hall–Kier alpha value is -3.72. The maximum absolute atomic E-state index is 12.6. The highest BCUT2D eigenvalue weighted by Crippen LogP contribution is 2.29. The maximum Gasteiger partial charge on any atom is 0.291 e. The molecular formula is C22H16BrN3O5. The van der Waals surface area contributed by atoms with Crippen molar-refractivity contribution in [3.8, 4) is 5.75 Å². The lowest BCUT2D eigenvalue weighted by Crippen LogP contribution is -2.11. The van der Waals surface area contributed by atoms with Crippen molar-refractivity contribution in [1.29, 1.82) is 0 Å². The van der Waals surface area contributed by atoms with Crippen LogP contribution in [0.2, 0.25) is 0 Å². The molecule has 9 heteroatoms. The van der Waals surface area contributed by atoms with Crippen LogP contribution in [0, 0.1) is 17.0 Å². The number of carbonyl (C=O) groups is 1. The van der Waals surface area contributed by atoms with Gasteiger partial charge in [-0.05, 0) is 49.4 Å². The van der Waals surface area contributed by atoms with E-state index in [1.807, 2.05) is 18.2 Å². The number of carbonyl (C=O) groups excluding carboxylic acids is 1. The van der Waals surface area contributed by atoms with Crippen LogP contribution in [0.1, 0.15) is 21.9 Å². The summed E-state index contributed by atoms with van der Waals surface area (Å²) in [4.78, 5) is 27.4. The van der Waals surface area contributed by atoms with E-state index >= 15 is 0 Å². The molecule has 0 unspecified atom stereocenters. The van der Waals surface area contributed by atoms with E-state index in [-0.39, 0.29) is 18.1 Å². The van der Waals surface area contributed by atoms with Gasteiger partial charge in [0.15, 0.2) is 5.76 Å². The van der Waals surface area contributed by atoms with Crippen LogP contribution in [-0.4, -0.2) is 15.8 Å². The van der Waals surface area contributed by atoms with Crippen molar-refractivity contribution in [2.75, 3.05) is 5.32 Å². The zero-order valence-electron chi connectivity index (χ0n) is 16.3. The van der Waals surface area contributed by atoms with E-state index in [9.17, 15) is 14.9 Å². The van der Waals surface area contributed by atoms with E-state index < -0.39 is 10.8 Å². The molecule has 156 valence electrons. The van der Waals surface area contributed by atoms with Crippen LogP contribution in [0.4, 0.5) is 11.4 Å². The minimum absolute atomic E-state index is 0.0271. The molecule has 0 bridgehead atoms. The zero-order valence-corrected chi connectivity index (χ0v) is 17.9. The lowest BCUT2D eigenvalue weighted by Gasteiger charge is -2.08. The number of nitrogens with zero attached hydrogens (tertiary/aromatic N) is 2. The summed E-state index contributed by atoms with van der Waals surface area (Å²) in [5, 5.41) is 14.6. The Morgan fingerprint density at radius 2 is 2.06 bits per heavy atom. The quantitative estimate of drug-likeness (QED) is 0.282. The van der Waals surface area contributed by atoms with Crippen LogP contribution in [0.15, 0.2) is 69.7 Å². The summed E-state index contributed by atoms with van der Waals surface area (Å²) in [6.45, 7) is 1.72. The largest absolute Gasteiger partial charge is 0.486 e. The van der Waals surface area contributed by atoms with Gasteiger partial charge in [-0.15, -0.1) is 0 Å². The molecular weight excluding hydrogens is 466 g/mol. The number of hydrogen-bond donors (Lipinski definition) is 1. The van der Waals surface area contributed by atoms with Gasteiger partial charge in [-0.2, -0.15) is 0 Å². The van der Waals surface area contributed by atoms with Gasteiger partial charge in [0.2, 0.25) is 0 Å². The van der Waals surface area contributed by atoms with E-state index in [0.717, 1.165) is 9.86 Å². The maximum atomic E-state index is 12.6. The number of anilines is 1. The van der Waals surface area contributed by atoms with E-state index in [2.05, 4.69) is 26.2 Å². The number of aromatic nitrogens is 1. The predicted molar refractivity (Wildman–Crippen MR) is 118 cm³/mol. The number of nitrogens with one attached hydrogen (secondary N) is 1. The van der Waals surface area contributed by atoms with Crippen LogP contribution >= 0.6 is 15.9 Å². The number of rotatable bonds is 6. The third kappa shape index (κ3) is 4.41. The van der Waals surface area contributed by atoms with Crippen molar-refractivity contribution in [2.24, 2.45) is 0 Å². The summed E-state index contributed by atoms with van der Waals surface area (Å²) in [6.07, 6.45) is 1.66. The molecule has 2 aromatic heterocycles. The Kier molecular flexibility index (Phi) is 5.68. The molecule has 0 saturated carbocycles. The number of pyridine rings is 1. The molecule has 0 aliphatic rings. The molecule has 1 amide bonds. The van der Waals surface area contributed by atoms with E-state index in [1.165, 1.54) is 12.1 Å². The fourth-order valence-electron chi connectivity index (χ4n) is 3.08. The monoisotopic (exact) mass is 481 g/mol. The first-order valence-corrected chi connectivity index (χ1v) is 10.0. The minimum atomic E-state index is -0.444. The second-order valence-corrected chi connectivity index (χ2v) is 7.56. The van der Waals surface area contributed by atoms with Gasteiger partial charge >= 0.3 is 0 Å². The summed E-state index contributed by atoms with van der Waals surface area (Å²) >= 11 is 3.48. The molecule has 0 radical (unpaired) electrons. The molecule has 0 aliphatic carbocycles. The zero-order chi connectivity index (χ0) is 22.0. The number of ether oxygens (including phenoxy) is 1.